The van der Waals surface area contributed by atoms with E-state index in [-0.39, 0.29) is 5.82 Å². The Bertz CT molecular complexity index is 1270. The third-order valence-corrected chi connectivity index (χ3v) is 5.54. The van der Waals surface area contributed by atoms with Crippen molar-refractivity contribution in [2.75, 3.05) is 5.73 Å². The van der Waals surface area contributed by atoms with Crippen LogP contribution in [0.5, 0.6) is 0 Å². The molecule has 0 spiro atoms. The topological polar surface area (TPSA) is 146 Å². The SMILES string of the molecule is Nc1c(-c2cc(Cc3ccc(C(O)c4ccccc4)cc3)no2)ccc[n+]1COP(=O)([O-])O. The van der Waals surface area contributed by atoms with E-state index in [1.165, 1.54) is 10.8 Å². The van der Waals surface area contributed by atoms with Crippen LogP contribution in [-0.4, -0.2) is 15.2 Å². The molecule has 10 heteroatoms. The van der Waals surface area contributed by atoms with Gasteiger partial charge in [0.25, 0.3) is 13.6 Å². The van der Waals surface area contributed by atoms with Crippen LogP contribution in [0.4, 0.5) is 5.82 Å². The fourth-order valence-corrected chi connectivity index (χ4v) is 3.67. The lowest BCUT2D eigenvalue weighted by Gasteiger charge is -2.14. The van der Waals surface area contributed by atoms with Crippen LogP contribution in [0.3, 0.4) is 0 Å². The highest BCUT2D eigenvalue weighted by Crippen LogP contribution is 2.31. The summed E-state index contributed by atoms with van der Waals surface area (Å²) < 4.78 is 22.0. The smallest absolute Gasteiger partial charge is 0.285 e. The average molecular weight is 467 g/mol. The van der Waals surface area contributed by atoms with Gasteiger partial charge in [-0.25, -0.2) is 4.57 Å². The highest BCUT2D eigenvalue weighted by atomic mass is 31.2. The maximum atomic E-state index is 10.8. The highest BCUT2D eigenvalue weighted by Gasteiger charge is 2.18. The van der Waals surface area contributed by atoms with E-state index in [0.717, 1.165) is 16.7 Å². The molecule has 2 heterocycles. The second-order valence-electron chi connectivity index (χ2n) is 7.42. The molecule has 170 valence electrons. The Balaban J connectivity index is 1.47. The summed E-state index contributed by atoms with van der Waals surface area (Å²) in [4.78, 5) is 19.6. The number of aliphatic hydroxyl groups is 1. The van der Waals surface area contributed by atoms with Crippen molar-refractivity contribution in [3.05, 3.63) is 101 Å². The summed E-state index contributed by atoms with van der Waals surface area (Å²) >= 11 is 0. The maximum Gasteiger partial charge on any atom is 0.285 e. The van der Waals surface area contributed by atoms with Gasteiger partial charge in [-0.15, -0.1) is 0 Å². The molecule has 4 N–H and O–H groups in total. The highest BCUT2D eigenvalue weighted by molar-refractivity contribution is 7.44. The van der Waals surface area contributed by atoms with Crippen LogP contribution in [-0.2, 0) is 22.2 Å². The number of aromatic nitrogens is 2. The molecule has 2 atom stereocenters. The first-order valence-electron chi connectivity index (χ1n) is 10.0. The van der Waals surface area contributed by atoms with Crippen molar-refractivity contribution >= 4 is 13.6 Å². The molecule has 0 aliphatic rings. The molecule has 0 saturated heterocycles. The van der Waals surface area contributed by atoms with Crippen molar-refractivity contribution in [1.29, 1.82) is 0 Å². The molecule has 0 amide bonds. The number of phosphoric acid groups is 1. The van der Waals surface area contributed by atoms with E-state index in [0.29, 0.717) is 23.4 Å². The fraction of sp³-hybridized carbons (Fsp3) is 0.130. The van der Waals surface area contributed by atoms with Gasteiger partial charge in [-0.05, 0) is 28.8 Å². The van der Waals surface area contributed by atoms with E-state index in [1.807, 2.05) is 54.6 Å². The summed E-state index contributed by atoms with van der Waals surface area (Å²) in [6, 6.07) is 22.1. The molecule has 0 aliphatic carbocycles. The number of nitrogens with zero attached hydrogens (tertiary/aromatic N) is 2. The minimum Gasteiger partial charge on any atom is -0.756 e. The molecule has 0 radical (unpaired) electrons. The number of nitrogens with two attached hydrogens (primary N) is 1. The molecular formula is C23H22N3O6P. The molecule has 2 aromatic carbocycles. The number of rotatable bonds is 8. The molecule has 2 unspecified atom stereocenters. The Morgan fingerprint density at radius 1 is 1.09 bits per heavy atom. The molecule has 9 nitrogen and oxygen atoms in total. The zero-order valence-electron chi connectivity index (χ0n) is 17.4. The van der Waals surface area contributed by atoms with Crippen LogP contribution in [0.2, 0.25) is 0 Å². The number of hydrogen-bond acceptors (Lipinski definition) is 7. The normalized spacial score (nSPS) is 14.0. The van der Waals surface area contributed by atoms with Crippen molar-refractivity contribution in [2.45, 2.75) is 19.3 Å². The molecular weight excluding hydrogens is 445 g/mol. The quantitative estimate of drug-likeness (QED) is 0.264. The number of anilines is 1. The van der Waals surface area contributed by atoms with Gasteiger partial charge in [0.15, 0.2) is 12.5 Å². The number of phosphoric ester groups is 1. The van der Waals surface area contributed by atoms with Crippen molar-refractivity contribution in [3.63, 3.8) is 0 Å². The zero-order valence-corrected chi connectivity index (χ0v) is 18.3. The summed E-state index contributed by atoms with van der Waals surface area (Å²) in [5.74, 6) is 0.593. The Hall–Kier alpha value is -3.33. The van der Waals surface area contributed by atoms with Crippen LogP contribution in [0.25, 0.3) is 11.3 Å². The van der Waals surface area contributed by atoms with Gasteiger partial charge in [0.05, 0.1) is 11.9 Å². The molecule has 4 aromatic rings. The number of nitrogen functional groups attached to an aromatic ring is 1. The lowest BCUT2D eigenvalue weighted by Crippen LogP contribution is -2.38. The second kappa shape index (κ2) is 9.66. The standard InChI is InChI=1S/C23H22N3O6P/c24-23-20(7-4-12-26(23)15-31-33(28,29)30)21-14-19(25-32-21)13-16-8-10-18(11-9-16)22(27)17-5-2-1-3-6-17/h1-12,14,22,24,27H,13,15H2,(H2,28,29,30). The summed E-state index contributed by atoms with van der Waals surface area (Å²) in [5, 5.41) is 14.6. The Kier molecular flexibility index (Phi) is 6.69. The van der Waals surface area contributed by atoms with Crippen LogP contribution in [0.15, 0.2) is 83.5 Å². The van der Waals surface area contributed by atoms with E-state index in [9.17, 15) is 14.6 Å². The van der Waals surface area contributed by atoms with Crippen LogP contribution < -0.4 is 15.2 Å². The second-order valence-corrected chi connectivity index (χ2v) is 8.61. The van der Waals surface area contributed by atoms with E-state index < -0.39 is 20.7 Å². The fourth-order valence-electron chi connectivity index (χ4n) is 3.40. The Labute approximate surface area is 189 Å². The first kappa shape index (κ1) is 22.8. The third kappa shape index (κ3) is 5.73. The van der Waals surface area contributed by atoms with Gasteiger partial charge in [0, 0.05) is 12.5 Å². The summed E-state index contributed by atoms with van der Waals surface area (Å²) in [6.45, 7) is -0.473. The van der Waals surface area contributed by atoms with Crippen LogP contribution in [0, 0.1) is 0 Å². The minimum absolute atomic E-state index is 0.188. The van der Waals surface area contributed by atoms with Gasteiger partial charge in [-0.2, -0.15) is 0 Å². The van der Waals surface area contributed by atoms with E-state index in [2.05, 4.69) is 9.68 Å². The predicted octanol–water partition coefficient (Wildman–Crippen LogP) is 2.32. The van der Waals surface area contributed by atoms with E-state index >= 15 is 0 Å². The minimum atomic E-state index is -4.88. The maximum absolute atomic E-state index is 10.8. The van der Waals surface area contributed by atoms with Crippen molar-refractivity contribution in [1.82, 2.24) is 5.16 Å². The number of aliphatic hydroxyl groups excluding tert-OH is 1. The van der Waals surface area contributed by atoms with Gasteiger partial charge in [0.2, 0.25) is 0 Å². The molecule has 33 heavy (non-hydrogen) atoms. The monoisotopic (exact) mass is 467 g/mol. The molecule has 0 aliphatic heterocycles. The van der Waals surface area contributed by atoms with Crippen molar-refractivity contribution < 1.29 is 33.1 Å². The average Bonchev–Trinajstić information content (AvgIpc) is 3.26. The van der Waals surface area contributed by atoms with E-state index in [1.54, 1.807) is 18.2 Å². The van der Waals surface area contributed by atoms with Gasteiger partial charge < -0.3 is 19.4 Å². The largest absolute Gasteiger partial charge is 0.756 e. The number of benzene rings is 2. The lowest BCUT2D eigenvalue weighted by atomic mass is 9.99. The van der Waals surface area contributed by atoms with Crippen LogP contribution in [0.1, 0.15) is 28.5 Å². The molecule has 0 saturated carbocycles. The van der Waals surface area contributed by atoms with Crippen LogP contribution >= 0.6 is 7.82 Å². The van der Waals surface area contributed by atoms with Crippen molar-refractivity contribution in [3.8, 4) is 11.3 Å². The lowest BCUT2D eigenvalue weighted by molar-refractivity contribution is -0.712. The van der Waals surface area contributed by atoms with E-state index in [4.69, 9.17) is 15.2 Å². The first-order chi connectivity index (χ1) is 15.8. The molecule has 2 aromatic heterocycles. The van der Waals surface area contributed by atoms with Gasteiger partial charge in [0.1, 0.15) is 11.7 Å². The Morgan fingerprint density at radius 3 is 2.48 bits per heavy atom. The third-order valence-electron chi connectivity index (χ3n) is 5.09. The van der Waals surface area contributed by atoms with Crippen molar-refractivity contribution in [2.24, 2.45) is 0 Å². The number of hydrogen-bond donors (Lipinski definition) is 3. The zero-order chi connectivity index (χ0) is 23.4. The summed E-state index contributed by atoms with van der Waals surface area (Å²) in [7, 11) is -4.88. The summed E-state index contributed by atoms with van der Waals surface area (Å²) in [6.07, 6.45) is 1.32. The number of pyridine rings is 1. The predicted molar refractivity (Wildman–Crippen MR) is 117 cm³/mol. The molecule has 4 rings (SSSR count). The first-order valence-corrected chi connectivity index (χ1v) is 11.5. The van der Waals surface area contributed by atoms with Gasteiger partial charge >= 0.3 is 0 Å². The molecule has 0 fully saturated rings. The van der Waals surface area contributed by atoms with Gasteiger partial charge in [-0.1, -0.05) is 59.8 Å². The molecule has 0 bridgehead atoms. The summed E-state index contributed by atoms with van der Waals surface area (Å²) in [5.41, 5.74) is 9.87. The van der Waals surface area contributed by atoms with Gasteiger partial charge in [-0.3, -0.25) is 14.8 Å². The Morgan fingerprint density at radius 2 is 1.79 bits per heavy atom.